The van der Waals surface area contributed by atoms with Crippen LogP contribution in [0.2, 0.25) is 5.02 Å². The highest BCUT2D eigenvalue weighted by Crippen LogP contribution is 2.24. The van der Waals surface area contributed by atoms with E-state index in [1.165, 1.54) is 10.6 Å². The molecular formula is C33H40ClN3O4S. The Morgan fingerprint density at radius 1 is 0.952 bits per heavy atom. The molecule has 3 aromatic rings. The predicted molar refractivity (Wildman–Crippen MR) is 169 cm³/mol. The third-order valence-corrected chi connectivity index (χ3v) is 9.17. The molecule has 0 bridgehead atoms. The van der Waals surface area contributed by atoms with Crippen LogP contribution in [0.5, 0.6) is 0 Å². The monoisotopic (exact) mass is 609 g/mol. The van der Waals surface area contributed by atoms with E-state index in [4.69, 9.17) is 11.6 Å². The average molecular weight is 610 g/mol. The van der Waals surface area contributed by atoms with Gasteiger partial charge in [0.05, 0.1) is 11.9 Å². The van der Waals surface area contributed by atoms with Gasteiger partial charge in [0.1, 0.15) is 6.04 Å². The molecule has 0 radical (unpaired) electrons. The van der Waals surface area contributed by atoms with Gasteiger partial charge in [0.2, 0.25) is 21.8 Å². The number of carbonyl (C=O) groups is 2. The molecule has 0 heterocycles. The summed E-state index contributed by atoms with van der Waals surface area (Å²) in [6.07, 6.45) is 5.96. The van der Waals surface area contributed by atoms with Gasteiger partial charge in [-0.25, -0.2) is 8.42 Å². The molecule has 224 valence electrons. The van der Waals surface area contributed by atoms with Crippen LogP contribution < -0.4 is 9.62 Å². The van der Waals surface area contributed by atoms with Crippen molar-refractivity contribution in [1.82, 2.24) is 10.2 Å². The second kappa shape index (κ2) is 14.7. The maximum absolute atomic E-state index is 14.0. The van der Waals surface area contributed by atoms with Gasteiger partial charge in [-0.2, -0.15) is 0 Å². The van der Waals surface area contributed by atoms with Gasteiger partial charge in [-0.15, -0.1) is 0 Å². The standard InChI is InChI=1S/C33H40ClN3O4S/c1-25-12-6-9-19-30(25)37(42(2,40)41)21-11-20-32(38)36(24-27-15-10-16-28(34)22-27)31(23-26-13-4-3-5-14-26)33(39)35-29-17-7-8-18-29/h3-6,9-10,12-16,19,22,29,31H,7-8,11,17-18,20-21,23-24H2,1-2H3,(H,35,39)/t31-/m0/s1. The zero-order valence-corrected chi connectivity index (χ0v) is 25.9. The van der Waals surface area contributed by atoms with E-state index in [1.54, 1.807) is 29.2 Å². The van der Waals surface area contributed by atoms with E-state index in [0.29, 0.717) is 23.6 Å². The number of rotatable bonds is 13. The molecule has 1 atom stereocenters. The maximum atomic E-state index is 14.0. The molecule has 1 aliphatic rings. The van der Waals surface area contributed by atoms with Gasteiger partial charge in [0.25, 0.3) is 0 Å². The average Bonchev–Trinajstić information content (AvgIpc) is 3.46. The van der Waals surface area contributed by atoms with E-state index in [-0.39, 0.29) is 37.4 Å². The number of para-hydroxylation sites is 1. The third-order valence-electron chi connectivity index (χ3n) is 7.75. The lowest BCUT2D eigenvalue weighted by Gasteiger charge is -2.33. The van der Waals surface area contributed by atoms with Crippen molar-refractivity contribution in [2.24, 2.45) is 0 Å². The molecule has 1 fully saturated rings. The molecule has 0 saturated heterocycles. The molecule has 0 unspecified atom stereocenters. The van der Waals surface area contributed by atoms with Crippen molar-refractivity contribution in [3.05, 3.63) is 101 Å². The first-order valence-electron chi connectivity index (χ1n) is 14.5. The number of nitrogens with one attached hydrogen (secondary N) is 1. The van der Waals surface area contributed by atoms with E-state index in [2.05, 4.69) is 5.32 Å². The second-order valence-corrected chi connectivity index (χ2v) is 13.4. The van der Waals surface area contributed by atoms with Crippen molar-refractivity contribution in [2.75, 3.05) is 17.1 Å². The topological polar surface area (TPSA) is 86.8 Å². The van der Waals surface area contributed by atoms with E-state index in [9.17, 15) is 18.0 Å². The summed E-state index contributed by atoms with van der Waals surface area (Å²) in [7, 11) is -3.57. The fourth-order valence-electron chi connectivity index (χ4n) is 5.58. The zero-order chi connectivity index (χ0) is 30.1. The Labute approximate surface area is 254 Å². The molecule has 0 spiro atoms. The number of carbonyl (C=O) groups excluding carboxylic acids is 2. The molecule has 1 N–H and O–H groups in total. The smallest absolute Gasteiger partial charge is 0.243 e. The van der Waals surface area contributed by atoms with Gasteiger partial charge in [-0.05, 0) is 61.1 Å². The van der Waals surface area contributed by atoms with E-state index < -0.39 is 16.1 Å². The van der Waals surface area contributed by atoms with Crippen LogP contribution in [0.3, 0.4) is 0 Å². The lowest BCUT2D eigenvalue weighted by molar-refractivity contribution is -0.141. The Morgan fingerprint density at radius 3 is 2.29 bits per heavy atom. The molecule has 1 saturated carbocycles. The van der Waals surface area contributed by atoms with Gasteiger partial charge in [0.15, 0.2) is 0 Å². The summed E-state index contributed by atoms with van der Waals surface area (Å²) in [5.74, 6) is -0.380. The van der Waals surface area contributed by atoms with Crippen LogP contribution in [-0.2, 0) is 32.6 Å². The number of amides is 2. The number of hydrogen-bond donors (Lipinski definition) is 1. The van der Waals surface area contributed by atoms with Crippen LogP contribution in [0, 0.1) is 6.92 Å². The Bertz CT molecular complexity index is 1460. The van der Waals surface area contributed by atoms with Crippen molar-refractivity contribution >= 4 is 39.1 Å². The van der Waals surface area contributed by atoms with Gasteiger partial charge in [-0.1, -0.05) is 85.1 Å². The largest absolute Gasteiger partial charge is 0.352 e. The summed E-state index contributed by atoms with van der Waals surface area (Å²) < 4.78 is 26.7. The number of nitrogens with zero attached hydrogens (tertiary/aromatic N) is 2. The minimum atomic E-state index is -3.57. The fourth-order valence-corrected chi connectivity index (χ4v) is 6.81. The van der Waals surface area contributed by atoms with E-state index >= 15 is 0 Å². The Balaban J connectivity index is 1.59. The fraction of sp³-hybridized carbons (Fsp3) is 0.394. The first-order valence-corrected chi connectivity index (χ1v) is 16.8. The van der Waals surface area contributed by atoms with Crippen LogP contribution >= 0.6 is 11.6 Å². The summed E-state index contributed by atoms with van der Waals surface area (Å²) in [4.78, 5) is 29.4. The number of hydrogen-bond acceptors (Lipinski definition) is 4. The number of aryl methyl sites for hydroxylation is 1. The molecular weight excluding hydrogens is 570 g/mol. The van der Waals surface area contributed by atoms with Gasteiger partial charge in [-0.3, -0.25) is 13.9 Å². The number of benzene rings is 3. The quantitative estimate of drug-likeness (QED) is 0.262. The molecule has 2 amide bonds. The Hall–Kier alpha value is -3.36. The maximum Gasteiger partial charge on any atom is 0.243 e. The molecule has 7 nitrogen and oxygen atoms in total. The summed E-state index contributed by atoms with van der Waals surface area (Å²) in [6.45, 7) is 2.23. The molecule has 3 aromatic carbocycles. The highest BCUT2D eigenvalue weighted by atomic mass is 35.5. The molecule has 4 rings (SSSR count). The number of sulfonamides is 1. The third kappa shape index (κ3) is 8.82. The van der Waals surface area contributed by atoms with Crippen LogP contribution in [0.25, 0.3) is 0 Å². The number of halogens is 1. The zero-order valence-electron chi connectivity index (χ0n) is 24.3. The highest BCUT2D eigenvalue weighted by molar-refractivity contribution is 7.92. The minimum absolute atomic E-state index is 0.0838. The molecule has 0 aliphatic heterocycles. The van der Waals surface area contributed by atoms with Crippen molar-refractivity contribution < 1.29 is 18.0 Å². The second-order valence-electron chi connectivity index (χ2n) is 11.1. The van der Waals surface area contributed by atoms with E-state index in [0.717, 1.165) is 42.4 Å². The molecule has 1 aliphatic carbocycles. The van der Waals surface area contributed by atoms with Crippen LogP contribution in [0.15, 0.2) is 78.9 Å². The Kier molecular flexibility index (Phi) is 11.0. The van der Waals surface area contributed by atoms with Crippen LogP contribution in [0.1, 0.15) is 55.2 Å². The lowest BCUT2D eigenvalue weighted by atomic mass is 10.0. The normalized spacial score (nSPS) is 14.4. The van der Waals surface area contributed by atoms with Crippen molar-refractivity contribution in [3.63, 3.8) is 0 Å². The summed E-state index contributed by atoms with van der Waals surface area (Å²) >= 11 is 6.28. The van der Waals surface area contributed by atoms with Gasteiger partial charge in [0, 0.05) is 37.0 Å². The lowest BCUT2D eigenvalue weighted by Crippen LogP contribution is -2.52. The van der Waals surface area contributed by atoms with E-state index in [1.807, 2.05) is 61.5 Å². The van der Waals surface area contributed by atoms with Crippen molar-refractivity contribution in [2.45, 2.75) is 70.5 Å². The first-order chi connectivity index (χ1) is 20.1. The first kappa shape index (κ1) is 31.6. The van der Waals surface area contributed by atoms with Crippen LogP contribution in [0.4, 0.5) is 5.69 Å². The van der Waals surface area contributed by atoms with Gasteiger partial charge >= 0.3 is 0 Å². The molecule has 42 heavy (non-hydrogen) atoms. The Morgan fingerprint density at radius 2 is 1.62 bits per heavy atom. The minimum Gasteiger partial charge on any atom is -0.352 e. The summed E-state index contributed by atoms with van der Waals surface area (Å²) in [5.41, 5.74) is 3.21. The molecule has 9 heteroatoms. The van der Waals surface area contributed by atoms with Crippen molar-refractivity contribution in [1.29, 1.82) is 0 Å². The van der Waals surface area contributed by atoms with Gasteiger partial charge < -0.3 is 10.2 Å². The van der Waals surface area contributed by atoms with Crippen molar-refractivity contribution in [3.8, 4) is 0 Å². The van der Waals surface area contributed by atoms with Crippen LogP contribution in [-0.4, -0.2) is 50.0 Å². The molecule has 0 aromatic heterocycles. The summed E-state index contributed by atoms with van der Waals surface area (Å²) in [5, 5.41) is 3.76. The highest BCUT2D eigenvalue weighted by Gasteiger charge is 2.32. The summed E-state index contributed by atoms with van der Waals surface area (Å²) in [6, 6.07) is 23.7. The number of anilines is 1. The predicted octanol–water partition coefficient (Wildman–Crippen LogP) is 5.89. The SMILES string of the molecule is Cc1ccccc1N(CCCC(=O)N(Cc1cccc(Cl)c1)[C@@H](Cc1ccccc1)C(=O)NC1CCCC1)S(C)(=O)=O.